The van der Waals surface area contributed by atoms with Crippen molar-refractivity contribution >= 4 is 17.0 Å². The van der Waals surface area contributed by atoms with Gasteiger partial charge in [-0.15, -0.1) is 11.3 Å². The van der Waals surface area contributed by atoms with Crippen LogP contribution in [0.2, 0.25) is 0 Å². The molecule has 0 atom stereocenters. The molecule has 96 valence electrons. The Morgan fingerprint density at radius 1 is 1.33 bits per heavy atom. The molecule has 0 bridgehead atoms. The zero-order valence-electron chi connectivity index (χ0n) is 10.7. The zero-order valence-corrected chi connectivity index (χ0v) is 11.5. The van der Waals surface area contributed by atoms with E-state index < -0.39 is 0 Å². The number of nitrogens with two attached hydrogens (primary N) is 1. The van der Waals surface area contributed by atoms with Crippen LogP contribution in [0, 0.1) is 0 Å². The highest BCUT2D eigenvalue weighted by Crippen LogP contribution is 2.21. The molecule has 18 heavy (non-hydrogen) atoms. The number of hydrogen-bond donors (Lipinski definition) is 2. The highest BCUT2D eigenvalue weighted by atomic mass is 32.1. The number of nitrogen functional groups attached to an aromatic ring is 1. The fraction of sp³-hybridized carbons (Fsp3) is 0.385. The van der Waals surface area contributed by atoms with Crippen molar-refractivity contribution in [3.8, 4) is 0 Å². The first-order valence-electron chi connectivity index (χ1n) is 5.93. The minimum absolute atomic E-state index is 0.0953. The maximum Gasteiger partial charge on any atom is 0.112 e. The molecule has 0 aliphatic carbocycles. The van der Waals surface area contributed by atoms with Crippen LogP contribution < -0.4 is 11.1 Å². The van der Waals surface area contributed by atoms with Crippen LogP contribution in [0.1, 0.15) is 24.5 Å². The average molecular weight is 262 g/mol. The fourth-order valence-corrected chi connectivity index (χ4v) is 2.43. The lowest BCUT2D eigenvalue weighted by Gasteiger charge is -2.23. The normalized spacial score (nSPS) is 11.7. The van der Waals surface area contributed by atoms with Gasteiger partial charge in [-0.1, -0.05) is 0 Å². The highest BCUT2D eigenvalue weighted by Gasteiger charge is 2.21. The minimum Gasteiger partial charge on any atom is -0.397 e. The summed E-state index contributed by atoms with van der Waals surface area (Å²) >= 11 is 1.67. The third kappa shape index (κ3) is 3.27. The number of hydrogen-bond acceptors (Lipinski definition) is 5. The van der Waals surface area contributed by atoms with Crippen LogP contribution in [-0.4, -0.2) is 16.5 Å². The standard InChI is InChI=1S/C13H18N4S/c1-13(2,12-15-7-8-18-12)17-6-5-11-4-3-10(14)9-16-11/h3-4,7-9,17H,5-6,14H2,1-2H3. The largest absolute Gasteiger partial charge is 0.397 e. The van der Waals surface area contributed by atoms with E-state index in [2.05, 4.69) is 29.1 Å². The number of thiazole rings is 1. The summed E-state index contributed by atoms with van der Waals surface area (Å²) in [5.41, 5.74) is 7.26. The summed E-state index contributed by atoms with van der Waals surface area (Å²) in [6.45, 7) is 5.15. The molecule has 0 aliphatic heterocycles. The second-order valence-corrected chi connectivity index (χ2v) is 5.62. The van der Waals surface area contributed by atoms with Gasteiger partial charge >= 0.3 is 0 Å². The Hall–Kier alpha value is -1.46. The molecule has 0 unspecified atom stereocenters. The Balaban J connectivity index is 1.87. The zero-order chi connectivity index (χ0) is 13.0. The van der Waals surface area contributed by atoms with Gasteiger partial charge in [0.1, 0.15) is 5.01 Å². The van der Waals surface area contributed by atoms with E-state index in [4.69, 9.17) is 5.73 Å². The quantitative estimate of drug-likeness (QED) is 0.867. The van der Waals surface area contributed by atoms with E-state index >= 15 is 0 Å². The molecular weight excluding hydrogens is 244 g/mol. The molecule has 0 radical (unpaired) electrons. The summed E-state index contributed by atoms with van der Waals surface area (Å²) in [5, 5.41) is 6.61. The topological polar surface area (TPSA) is 63.8 Å². The second-order valence-electron chi connectivity index (χ2n) is 4.72. The van der Waals surface area contributed by atoms with E-state index in [-0.39, 0.29) is 5.54 Å². The lowest BCUT2D eigenvalue weighted by Crippen LogP contribution is -2.37. The first kappa shape index (κ1) is 13.0. The Bertz CT molecular complexity index is 476. The van der Waals surface area contributed by atoms with Crippen LogP contribution in [0.15, 0.2) is 29.9 Å². The van der Waals surface area contributed by atoms with Gasteiger partial charge in [0.05, 0.1) is 17.4 Å². The smallest absolute Gasteiger partial charge is 0.112 e. The molecule has 0 fully saturated rings. The molecule has 0 saturated heterocycles. The number of aromatic nitrogens is 2. The molecule has 2 aromatic heterocycles. The monoisotopic (exact) mass is 262 g/mol. The first-order chi connectivity index (χ1) is 8.58. The van der Waals surface area contributed by atoms with Crippen LogP contribution in [0.3, 0.4) is 0 Å². The SMILES string of the molecule is CC(C)(NCCc1ccc(N)cn1)c1nccs1. The van der Waals surface area contributed by atoms with Crippen LogP contribution >= 0.6 is 11.3 Å². The third-order valence-corrected chi connectivity index (χ3v) is 3.86. The van der Waals surface area contributed by atoms with Crippen molar-refractivity contribution in [2.45, 2.75) is 25.8 Å². The number of nitrogens with one attached hydrogen (secondary N) is 1. The number of pyridine rings is 1. The van der Waals surface area contributed by atoms with Gasteiger partial charge in [-0.25, -0.2) is 4.98 Å². The molecule has 5 heteroatoms. The summed E-state index contributed by atoms with van der Waals surface area (Å²) in [4.78, 5) is 8.63. The van der Waals surface area contributed by atoms with Gasteiger partial charge in [0, 0.05) is 30.2 Å². The van der Waals surface area contributed by atoms with Crippen LogP contribution in [0.5, 0.6) is 0 Å². The molecule has 4 nitrogen and oxygen atoms in total. The summed E-state index contributed by atoms with van der Waals surface area (Å²) in [5.74, 6) is 0. The van der Waals surface area contributed by atoms with E-state index in [1.807, 2.05) is 23.7 Å². The van der Waals surface area contributed by atoms with E-state index in [9.17, 15) is 0 Å². The lowest BCUT2D eigenvalue weighted by molar-refractivity contribution is 0.404. The molecule has 0 aromatic carbocycles. The Kier molecular flexibility index (Phi) is 3.93. The van der Waals surface area contributed by atoms with Gasteiger partial charge in [0.25, 0.3) is 0 Å². The van der Waals surface area contributed by atoms with Gasteiger partial charge in [0.15, 0.2) is 0 Å². The van der Waals surface area contributed by atoms with Crippen molar-refractivity contribution < 1.29 is 0 Å². The highest BCUT2D eigenvalue weighted by molar-refractivity contribution is 7.09. The molecule has 0 spiro atoms. The van der Waals surface area contributed by atoms with E-state index in [0.717, 1.165) is 23.7 Å². The van der Waals surface area contributed by atoms with Gasteiger partial charge in [-0.05, 0) is 26.0 Å². The minimum atomic E-state index is -0.0953. The molecule has 2 heterocycles. The van der Waals surface area contributed by atoms with Crippen molar-refractivity contribution in [1.82, 2.24) is 15.3 Å². The lowest BCUT2D eigenvalue weighted by atomic mass is 10.1. The molecule has 0 saturated carbocycles. The van der Waals surface area contributed by atoms with Gasteiger partial charge in [-0.2, -0.15) is 0 Å². The van der Waals surface area contributed by atoms with Gasteiger partial charge in [-0.3, -0.25) is 4.98 Å². The van der Waals surface area contributed by atoms with E-state index in [1.165, 1.54) is 0 Å². The molecule has 2 rings (SSSR count). The van der Waals surface area contributed by atoms with Crippen LogP contribution in [0.4, 0.5) is 5.69 Å². The van der Waals surface area contributed by atoms with Crippen molar-refractivity contribution in [3.63, 3.8) is 0 Å². The van der Waals surface area contributed by atoms with Gasteiger partial charge in [0.2, 0.25) is 0 Å². The fourth-order valence-electron chi connectivity index (χ4n) is 1.69. The summed E-state index contributed by atoms with van der Waals surface area (Å²) in [6.07, 6.45) is 4.42. The number of nitrogens with zero attached hydrogens (tertiary/aromatic N) is 2. The predicted octanol–water partition coefficient (Wildman–Crippen LogP) is 2.19. The Morgan fingerprint density at radius 2 is 2.17 bits per heavy atom. The maximum absolute atomic E-state index is 5.60. The summed E-state index contributed by atoms with van der Waals surface area (Å²) in [7, 11) is 0. The Morgan fingerprint density at radius 3 is 2.78 bits per heavy atom. The van der Waals surface area contributed by atoms with Crippen LogP contribution in [0.25, 0.3) is 0 Å². The molecular formula is C13H18N4S. The summed E-state index contributed by atoms with van der Waals surface area (Å²) in [6, 6.07) is 3.85. The van der Waals surface area contributed by atoms with Crippen molar-refractivity contribution in [3.05, 3.63) is 40.6 Å². The predicted molar refractivity (Wildman–Crippen MR) is 75.5 cm³/mol. The number of anilines is 1. The molecule has 2 aromatic rings. The summed E-state index contributed by atoms with van der Waals surface area (Å²) < 4.78 is 0. The van der Waals surface area contributed by atoms with E-state index in [1.54, 1.807) is 17.5 Å². The van der Waals surface area contributed by atoms with Gasteiger partial charge < -0.3 is 11.1 Å². The molecule has 0 amide bonds. The van der Waals surface area contributed by atoms with E-state index in [0.29, 0.717) is 5.69 Å². The van der Waals surface area contributed by atoms with Crippen LogP contribution in [-0.2, 0) is 12.0 Å². The maximum atomic E-state index is 5.60. The molecule has 0 aliphatic rings. The van der Waals surface area contributed by atoms with Crippen molar-refractivity contribution in [2.75, 3.05) is 12.3 Å². The average Bonchev–Trinajstić information content (AvgIpc) is 2.86. The third-order valence-electron chi connectivity index (χ3n) is 2.76. The Labute approximate surface area is 111 Å². The van der Waals surface area contributed by atoms with Crippen molar-refractivity contribution in [1.29, 1.82) is 0 Å². The first-order valence-corrected chi connectivity index (χ1v) is 6.81. The van der Waals surface area contributed by atoms with Crippen molar-refractivity contribution in [2.24, 2.45) is 0 Å². The second kappa shape index (κ2) is 5.46. The molecule has 3 N–H and O–H groups in total. The number of rotatable bonds is 5.